The molecule has 2 N–H and O–H groups in total. The average molecular weight is 346 g/mol. The van der Waals surface area contributed by atoms with Crippen LogP contribution >= 0.6 is 11.6 Å². The summed E-state index contributed by atoms with van der Waals surface area (Å²) in [6.45, 7) is 3.32. The van der Waals surface area contributed by atoms with E-state index < -0.39 is 6.04 Å². The standard InChI is InChI=1S/C18H20ClN3O2/c1-12(15-4-3-9-20-11-15)21-18(24)10-17(22-13(2)23)14-5-7-16(19)8-6-14/h3-9,11-12,17H,10H2,1-2H3,(H,21,24)(H,22,23)/t12-,17-/m0/s1. The van der Waals surface area contributed by atoms with Gasteiger partial charge in [-0.05, 0) is 36.2 Å². The minimum atomic E-state index is -0.402. The first kappa shape index (κ1) is 17.9. The van der Waals surface area contributed by atoms with Gasteiger partial charge in [-0.25, -0.2) is 0 Å². The Kier molecular flexibility index (Phi) is 6.32. The number of hydrogen-bond acceptors (Lipinski definition) is 3. The van der Waals surface area contributed by atoms with Crippen molar-refractivity contribution >= 4 is 23.4 Å². The average Bonchev–Trinajstić information content (AvgIpc) is 2.55. The van der Waals surface area contributed by atoms with Crippen molar-refractivity contribution in [2.24, 2.45) is 0 Å². The van der Waals surface area contributed by atoms with Crippen molar-refractivity contribution in [3.05, 3.63) is 64.9 Å². The monoisotopic (exact) mass is 345 g/mol. The molecule has 6 heteroatoms. The summed E-state index contributed by atoms with van der Waals surface area (Å²) < 4.78 is 0. The molecule has 2 atom stereocenters. The van der Waals surface area contributed by atoms with Gasteiger partial charge >= 0.3 is 0 Å². The molecule has 0 aliphatic heterocycles. The largest absolute Gasteiger partial charge is 0.349 e. The maximum absolute atomic E-state index is 12.4. The lowest BCUT2D eigenvalue weighted by molar-refractivity contribution is -0.123. The normalized spacial score (nSPS) is 13.0. The van der Waals surface area contributed by atoms with Gasteiger partial charge in [0.05, 0.1) is 18.5 Å². The van der Waals surface area contributed by atoms with Gasteiger partial charge in [0.25, 0.3) is 0 Å². The molecule has 126 valence electrons. The molecule has 1 aromatic heterocycles. The van der Waals surface area contributed by atoms with E-state index >= 15 is 0 Å². The van der Waals surface area contributed by atoms with Crippen molar-refractivity contribution in [3.63, 3.8) is 0 Å². The molecular weight excluding hydrogens is 326 g/mol. The number of rotatable bonds is 6. The first-order valence-electron chi connectivity index (χ1n) is 7.67. The van der Waals surface area contributed by atoms with Crippen molar-refractivity contribution in [2.45, 2.75) is 32.4 Å². The molecule has 5 nitrogen and oxygen atoms in total. The summed E-state index contributed by atoms with van der Waals surface area (Å²) in [5.41, 5.74) is 1.76. The molecule has 0 aliphatic carbocycles. The molecule has 0 fully saturated rings. The Morgan fingerprint density at radius 2 is 1.83 bits per heavy atom. The molecular formula is C18H20ClN3O2. The van der Waals surface area contributed by atoms with E-state index in [-0.39, 0.29) is 24.3 Å². The zero-order chi connectivity index (χ0) is 17.5. The maximum atomic E-state index is 12.4. The van der Waals surface area contributed by atoms with Crippen LogP contribution in [0.25, 0.3) is 0 Å². The lowest BCUT2D eigenvalue weighted by Gasteiger charge is -2.20. The summed E-state index contributed by atoms with van der Waals surface area (Å²) in [5, 5.41) is 6.34. The highest BCUT2D eigenvalue weighted by Crippen LogP contribution is 2.20. The van der Waals surface area contributed by atoms with E-state index in [4.69, 9.17) is 11.6 Å². The molecule has 1 heterocycles. The number of pyridine rings is 1. The van der Waals surface area contributed by atoms with Crippen molar-refractivity contribution < 1.29 is 9.59 Å². The molecule has 2 aromatic rings. The lowest BCUT2D eigenvalue weighted by atomic mass is 10.0. The third kappa shape index (κ3) is 5.35. The highest BCUT2D eigenvalue weighted by molar-refractivity contribution is 6.30. The van der Waals surface area contributed by atoms with Crippen LogP contribution < -0.4 is 10.6 Å². The second kappa shape index (κ2) is 8.45. The highest BCUT2D eigenvalue weighted by Gasteiger charge is 2.18. The number of carbonyl (C=O) groups excluding carboxylic acids is 2. The second-order valence-corrected chi connectivity index (χ2v) is 6.02. The lowest BCUT2D eigenvalue weighted by Crippen LogP contribution is -2.33. The number of carbonyl (C=O) groups is 2. The van der Waals surface area contributed by atoms with Gasteiger partial charge in [0.15, 0.2) is 0 Å². The van der Waals surface area contributed by atoms with Gasteiger partial charge in [-0.15, -0.1) is 0 Å². The van der Waals surface area contributed by atoms with Gasteiger partial charge in [0.1, 0.15) is 0 Å². The van der Waals surface area contributed by atoms with Gasteiger partial charge in [-0.3, -0.25) is 14.6 Å². The van der Waals surface area contributed by atoms with Crippen LogP contribution in [0.4, 0.5) is 0 Å². The van der Waals surface area contributed by atoms with Crippen molar-refractivity contribution in [2.75, 3.05) is 0 Å². The van der Waals surface area contributed by atoms with Crippen LogP contribution in [0, 0.1) is 0 Å². The molecule has 0 spiro atoms. The van der Waals surface area contributed by atoms with Crippen LogP contribution in [0.15, 0.2) is 48.8 Å². The first-order valence-corrected chi connectivity index (χ1v) is 8.05. The van der Waals surface area contributed by atoms with Gasteiger partial charge in [0.2, 0.25) is 11.8 Å². The molecule has 1 aromatic carbocycles. The number of halogens is 1. The molecule has 0 aliphatic rings. The van der Waals surface area contributed by atoms with Gasteiger partial charge in [-0.2, -0.15) is 0 Å². The summed E-state index contributed by atoms with van der Waals surface area (Å²) in [5.74, 6) is -0.344. The SMILES string of the molecule is CC(=O)N[C@@H](CC(=O)N[C@@H](C)c1cccnc1)c1ccc(Cl)cc1. The van der Waals surface area contributed by atoms with E-state index in [1.54, 1.807) is 36.7 Å². The molecule has 0 bridgehead atoms. The Morgan fingerprint density at radius 1 is 1.12 bits per heavy atom. The Balaban J connectivity index is 2.04. The topological polar surface area (TPSA) is 71.1 Å². The fourth-order valence-electron chi connectivity index (χ4n) is 2.39. The van der Waals surface area contributed by atoms with Crippen LogP contribution in [-0.2, 0) is 9.59 Å². The van der Waals surface area contributed by atoms with Crippen LogP contribution in [0.3, 0.4) is 0 Å². The summed E-state index contributed by atoms with van der Waals surface area (Å²) in [7, 11) is 0. The zero-order valence-electron chi connectivity index (χ0n) is 13.6. The number of aromatic nitrogens is 1. The predicted octanol–water partition coefficient (Wildman–Crippen LogP) is 3.18. The van der Waals surface area contributed by atoms with E-state index in [1.807, 2.05) is 19.1 Å². The summed E-state index contributed by atoms with van der Waals surface area (Å²) >= 11 is 5.89. The summed E-state index contributed by atoms with van der Waals surface area (Å²) in [6.07, 6.45) is 3.55. The number of hydrogen-bond donors (Lipinski definition) is 2. The Labute approximate surface area is 146 Å². The maximum Gasteiger partial charge on any atom is 0.222 e. The van der Waals surface area contributed by atoms with E-state index in [9.17, 15) is 9.59 Å². The third-order valence-corrected chi connectivity index (χ3v) is 3.85. The first-order chi connectivity index (χ1) is 11.5. The molecule has 2 rings (SSSR count). The van der Waals surface area contributed by atoms with E-state index in [0.29, 0.717) is 5.02 Å². The van der Waals surface area contributed by atoms with Crippen molar-refractivity contribution in [1.82, 2.24) is 15.6 Å². The fourth-order valence-corrected chi connectivity index (χ4v) is 2.52. The molecule has 24 heavy (non-hydrogen) atoms. The predicted molar refractivity (Wildman–Crippen MR) is 93.4 cm³/mol. The Morgan fingerprint density at radius 3 is 2.42 bits per heavy atom. The van der Waals surface area contributed by atoms with Crippen LogP contribution in [0.1, 0.15) is 43.5 Å². The minimum absolute atomic E-state index is 0.145. The quantitative estimate of drug-likeness (QED) is 0.844. The molecule has 0 unspecified atom stereocenters. The number of nitrogens with zero attached hydrogens (tertiary/aromatic N) is 1. The Bertz CT molecular complexity index is 689. The Hall–Kier alpha value is -2.40. The molecule has 0 radical (unpaired) electrons. The van der Waals surface area contributed by atoms with Crippen LogP contribution in [0.2, 0.25) is 5.02 Å². The highest BCUT2D eigenvalue weighted by atomic mass is 35.5. The molecule has 0 saturated carbocycles. The fraction of sp³-hybridized carbons (Fsp3) is 0.278. The van der Waals surface area contributed by atoms with Crippen LogP contribution in [-0.4, -0.2) is 16.8 Å². The van der Waals surface area contributed by atoms with Crippen LogP contribution in [0.5, 0.6) is 0 Å². The van der Waals surface area contributed by atoms with Gasteiger partial charge < -0.3 is 10.6 Å². The third-order valence-electron chi connectivity index (χ3n) is 3.60. The van der Waals surface area contributed by atoms with Gasteiger partial charge in [0, 0.05) is 24.3 Å². The smallest absolute Gasteiger partial charge is 0.222 e. The summed E-state index contributed by atoms with van der Waals surface area (Å²) in [4.78, 5) is 27.8. The number of benzene rings is 1. The van der Waals surface area contributed by atoms with Crippen molar-refractivity contribution in [1.29, 1.82) is 0 Å². The molecule has 2 amide bonds. The zero-order valence-corrected chi connectivity index (χ0v) is 14.4. The number of amides is 2. The minimum Gasteiger partial charge on any atom is -0.349 e. The summed E-state index contributed by atoms with van der Waals surface area (Å²) in [6, 6.07) is 10.3. The van der Waals surface area contributed by atoms with E-state index in [2.05, 4.69) is 15.6 Å². The van der Waals surface area contributed by atoms with E-state index in [0.717, 1.165) is 11.1 Å². The second-order valence-electron chi connectivity index (χ2n) is 5.58. The van der Waals surface area contributed by atoms with E-state index in [1.165, 1.54) is 6.92 Å². The van der Waals surface area contributed by atoms with Crippen molar-refractivity contribution in [3.8, 4) is 0 Å². The molecule has 0 saturated heterocycles. The number of nitrogens with one attached hydrogen (secondary N) is 2. The van der Waals surface area contributed by atoms with Gasteiger partial charge in [-0.1, -0.05) is 29.8 Å².